The SMILES string of the molecule is CC[C@@H](c1nnc(SCc2cc3ccccc3nc2Cl)n1Cc1ccccc1)N(C)C. The molecular weight excluding hydrogens is 426 g/mol. The van der Waals surface area contributed by atoms with Crippen molar-refractivity contribution in [1.29, 1.82) is 0 Å². The molecule has 0 N–H and O–H groups in total. The van der Waals surface area contributed by atoms with Crippen molar-refractivity contribution in [2.24, 2.45) is 0 Å². The lowest BCUT2D eigenvalue weighted by Gasteiger charge is -2.23. The molecule has 0 aliphatic heterocycles. The molecule has 0 fully saturated rings. The van der Waals surface area contributed by atoms with Gasteiger partial charge in [-0.3, -0.25) is 4.90 Å². The Balaban J connectivity index is 1.64. The van der Waals surface area contributed by atoms with Crippen molar-refractivity contribution in [1.82, 2.24) is 24.6 Å². The summed E-state index contributed by atoms with van der Waals surface area (Å²) in [7, 11) is 4.17. The zero-order chi connectivity index (χ0) is 21.8. The minimum absolute atomic E-state index is 0.205. The molecule has 0 aliphatic carbocycles. The van der Waals surface area contributed by atoms with Gasteiger partial charge in [0, 0.05) is 16.7 Å². The average Bonchev–Trinajstić information content (AvgIpc) is 3.15. The van der Waals surface area contributed by atoms with Crippen LogP contribution in [-0.4, -0.2) is 38.7 Å². The highest BCUT2D eigenvalue weighted by Gasteiger charge is 2.22. The van der Waals surface area contributed by atoms with Gasteiger partial charge in [0.15, 0.2) is 11.0 Å². The first-order chi connectivity index (χ1) is 15.1. The van der Waals surface area contributed by atoms with E-state index in [4.69, 9.17) is 11.6 Å². The van der Waals surface area contributed by atoms with Crippen molar-refractivity contribution in [2.45, 2.75) is 36.8 Å². The number of hydrogen-bond acceptors (Lipinski definition) is 5. The molecule has 5 nitrogen and oxygen atoms in total. The van der Waals surface area contributed by atoms with Crippen LogP contribution in [0.1, 0.15) is 36.3 Å². The number of pyridine rings is 1. The molecular formula is C24H26ClN5S. The largest absolute Gasteiger partial charge is 0.300 e. The smallest absolute Gasteiger partial charge is 0.191 e. The number of nitrogens with zero attached hydrogens (tertiary/aromatic N) is 5. The number of rotatable bonds is 8. The van der Waals surface area contributed by atoms with Crippen molar-refractivity contribution < 1.29 is 0 Å². The minimum Gasteiger partial charge on any atom is -0.300 e. The Hall–Kier alpha value is -2.41. The quantitative estimate of drug-likeness (QED) is 0.249. The lowest BCUT2D eigenvalue weighted by Crippen LogP contribution is -2.23. The molecule has 0 amide bonds. The predicted molar refractivity (Wildman–Crippen MR) is 129 cm³/mol. The predicted octanol–water partition coefficient (Wildman–Crippen LogP) is 5.83. The van der Waals surface area contributed by atoms with Gasteiger partial charge in [-0.05, 0) is 38.2 Å². The van der Waals surface area contributed by atoms with Crippen LogP contribution >= 0.6 is 23.4 Å². The van der Waals surface area contributed by atoms with Gasteiger partial charge in [-0.2, -0.15) is 0 Å². The maximum Gasteiger partial charge on any atom is 0.191 e. The molecule has 0 bridgehead atoms. The number of halogens is 1. The highest BCUT2D eigenvalue weighted by Crippen LogP contribution is 2.30. The number of fused-ring (bicyclic) bond motifs is 1. The Morgan fingerprint density at radius 2 is 1.77 bits per heavy atom. The number of aromatic nitrogens is 4. The molecule has 4 aromatic rings. The van der Waals surface area contributed by atoms with Gasteiger partial charge in [-0.15, -0.1) is 10.2 Å². The van der Waals surface area contributed by atoms with Crippen LogP contribution in [0.4, 0.5) is 0 Å². The lowest BCUT2D eigenvalue weighted by atomic mass is 10.2. The normalized spacial score (nSPS) is 12.5. The van der Waals surface area contributed by atoms with Crippen LogP contribution in [0.3, 0.4) is 0 Å². The van der Waals surface area contributed by atoms with E-state index in [1.807, 2.05) is 24.3 Å². The molecule has 2 heterocycles. The van der Waals surface area contributed by atoms with Crippen LogP contribution < -0.4 is 0 Å². The highest BCUT2D eigenvalue weighted by molar-refractivity contribution is 7.98. The van der Waals surface area contributed by atoms with Gasteiger partial charge >= 0.3 is 0 Å². The van der Waals surface area contributed by atoms with E-state index in [0.29, 0.717) is 10.9 Å². The molecule has 0 aliphatic rings. The second-order valence-electron chi connectivity index (χ2n) is 7.72. The van der Waals surface area contributed by atoms with Crippen LogP contribution in [-0.2, 0) is 12.3 Å². The van der Waals surface area contributed by atoms with E-state index < -0.39 is 0 Å². The fourth-order valence-corrected chi connectivity index (χ4v) is 4.94. The Labute approximate surface area is 192 Å². The maximum absolute atomic E-state index is 6.48. The Bertz CT molecular complexity index is 1160. The summed E-state index contributed by atoms with van der Waals surface area (Å²) in [6, 6.07) is 20.8. The second-order valence-corrected chi connectivity index (χ2v) is 9.02. The van der Waals surface area contributed by atoms with Crippen LogP contribution in [0, 0.1) is 0 Å². The molecule has 0 saturated heterocycles. The first-order valence-electron chi connectivity index (χ1n) is 10.4. The summed E-state index contributed by atoms with van der Waals surface area (Å²) in [6.07, 6.45) is 0.963. The van der Waals surface area contributed by atoms with Crippen molar-refractivity contribution >= 4 is 34.3 Å². The number of benzene rings is 2. The number of para-hydroxylation sites is 1. The van der Waals surface area contributed by atoms with Crippen LogP contribution in [0.5, 0.6) is 0 Å². The molecule has 31 heavy (non-hydrogen) atoms. The first kappa shape index (κ1) is 21.8. The topological polar surface area (TPSA) is 46.8 Å². The third-order valence-electron chi connectivity index (χ3n) is 5.34. The third-order valence-corrected chi connectivity index (χ3v) is 6.69. The summed E-state index contributed by atoms with van der Waals surface area (Å²) < 4.78 is 2.23. The molecule has 0 saturated carbocycles. The van der Waals surface area contributed by atoms with E-state index in [-0.39, 0.29) is 6.04 Å². The second kappa shape index (κ2) is 9.81. The van der Waals surface area contributed by atoms with Gasteiger partial charge in [-0.25, -0.2) is 4.98 Å². The fraction of sp³-hybridized carbons (Fsp3) is 0.292. The fourth-order valence-electron chi connectivity index (χ4n) is 3.73. The van der Waals surface area contributed by atoms with Gasteiger partial charge in [0.05, 0.1) is 18.1 Å². The monoisotopic (exact) mass is 451 g/mol. The van der Waals surface area contributed by atoms with Gasteiger partial charge in [0.25, 0.3) is 0 Å². The lowest BCUT2D eigenvalue weighted by molar-refractivity contribution is 0.272. The zero-order valence-corrected chi connectivity index (χ0v) is 19.6. The van der Waals surface area contributed by atoms with Crippen LogP contribution in [0.2, 0.25) is 5.15 Å². The molecule has 160 valence electrons. The molecule has 2 aromatic heterocycles. The third kappa shape index (κ3) is 4.92. The molecule has 0 radical (unpaired) electrons. The van der Waals surface area contributed by atoms with Crippen molar-refractivity contribution in [3.05, 3.63) is 82.8 Å². The summed E-state index contributed by atoms with van der Waals surface area (Å²) >= 11 is 8.13. The Morgan fingerprint density at radius 3 is 2.52 bits per heavy atom. The van der Waals surface area contributed by atoms with Crippen LogP contribution in [0.25, 0.3) is 10.9 Å². The highest BCUT2D eigenvalue weighted by atomic mass is 35.5. The molecule has 0 spiro atoms. The molecule has 7 heteroatoms. The van der Waals surface area contributed by atoms with E-state index in [1.54, 1.807) is 11.8 Å². The number of thioether (sulfide) groups is 1. The maximum atomic E-state index is 6.48. The van der Waals surface area contributed by atoms with E-state index >= 15 is 0 Å². The Kier molecular flexibility index (Phi) is 6.90. The molecule has 4 rings (SSSR count). The van der Waals surface area contributed by atoms with Gasteiger partial charge < -0.3 is 4.57 Å². The minimum atomic E-state index is 0.205. The van der Waals surface area contributed by atoms with Crippen molar-refractivity contribution in [3.8, 4) is 0 Å². The van der Waals surface area contributed by atoms with Crippen LogP contribution in [0.15, 0.2) is 65.8 Å². The van der Waals surface area contributed by atoms with Gasteiger partial charge in [0.2, 0.25) is 0 Å². The van der Waals surface area contributed by atoms with Crippen molar-refractivity contribution in [3.63, 3.8) is 0 Å². The van der Waals surface area contributed by atoms with E-state index in [9.17, 15) is 0 Å². The summed E-state index contributed by atoms with van der Waals surface area (Å²) in [5, 5.41) is 11.7. The van der Waals surface area contributed by atoms with E-state index in [2.05, 4.69) is 82.1 Å². The number of hydrogen-bond donors (Lipinski definition) is 0. The summed E-state index contributed by atoms with van der Waals surface area (Å²) in [5.74, 6) is 1.67. The molecule has 2 aromatic carbocycles. The summed E-state index contributed by atoms with van der Waals surface area (Å²) in [6.45, 7) is 2.92. The summed E-state index contributed by atoms with van der Waals surface area (Å²) in [4.78, 5) is 6.75. The molecule has 0 unspecified atom stereocenters. The summed E-state index contributed by atoms with van der Waals surface area (Å²) in [5.41, 5.74) is 3.14. The van der Waals surface area contributed by atoms with Crippen molar-refractivity contribution in [2.75, 3.05) is 14.1 Å². The first-order valence-corrected chi connectivity index (χ1v) is 11.7. The molecule has 1 atom stereocenters. The standard InChI is InChI=1S/C24H26ClN5S/c1-4-21(29(2)3)23-27-28-24(30(23)15-17-10-6-5-7-11-17)31-16-19-14-18-12-8-9-13-20(18)26-22(19)25/h5-14,21H,4,15-16H2,1-3H3/t21-/m0/s1. The zero-order valence-electron chi connectivity index (χ0n) is 18.0. The van der Waals surface area contributed by atoms with Gasteiger partial charge in [0.1, 0.15) is 5.15 Å². The van der Waals surface area contributed by atoms with E-state index in [1.165, 1.54) is 5.56 Å². The Morgan fingerprint density at radius 1 is 1.03 bits per heavy atom. The van der Waals surface area contributed by atoms with E-state index in [0.717, 1.165) is 40.4 Å². The average molecular weight is 452 g/mol. The van der Waals surface area contributed by atoms with Gasteiger partial charge in [-0.1, -0.05) is 78.8 Å².